The topological polar surface area (TPSA) is 107 Å². The standard InChI is InChI=1S/C24H26N6O3/c1-14-9-17-18(12-25-14)26-13-27-22(17)32-16-5-6-19-15(10-16)7-8-30(19)23(31)28-21-11-20(33-29-21)24(2,3)4/h5-8,10-11,13-14,25H,9,12H2,1-4H3,(H,28,29,31)/t14-/m0/s1. The lowest BCUT2D eigenvalue weighted by atomic mass is 9.93. The van der Waals surface area contributed by atoms with Crippen molar-refractivity contribution in [3.63, 3.8) is 0 Å². The number of amides is 1. The average molecular weight is 447 g/mol. The van der Waals surface area contributed by atoms with Crippen molar-refractivity contribution >= 4 is 22.8 Å². The van der Waals surface area contributed by atoms with Crippen molar-refractivity contribution in [3.05, 3.63) is 59.9 Å². The van der Waals surface area contributed by atoms with E-state index in [9.17, 15) is 4.79 Å². The Kier molecular flexibility index (Phi) is 5.13. The van der Waals surface area contributed by atoms with Crippen LogP contribution in [0.25, 0.3) is 10.9 Å². The summed E-state index contributed by atoms with van der Waals surface area (Å²) in [7, 11) is 0. The van der Waals surface area contributed by atoms with Crippen LogP contribution in [0, 0.1) is 0 Å². The molecule has 0 bridgehead atoms. The SMILES string of the molecule is C[C@H]1Cc2c(ncnc2Oc2ccc3c(ccn3C(=O)Nc3cc(C(C)(C)C)on3)c2)CN1. The first-order valence-electron chi connectivity index (χ1n) is 10.9. The van der Waals surface area contributed by atoms with Crippen molar-refractivity contribution in [3.8, 4) is 11.6 Å². The molecule has 0 unspecified atom stereocenters. The highest BCUT2D eigenvalue weighted by Gasteiger charge is 2.22. The Bertz CT molecular complexity index is 1330. The molecule has 0 fully saturated rings. The molecule has 9 nitrogen and oxygen atoms in total. The molecule has 0 saturated carbocycles. The number of rotatable bonds is 3. The molecule has 0 radical (unpaired) electrons. The van der Waals surface area contributed by atoms with Gasteiger partial charge in [-0.05, 0) is 37.6 Å². The maximum Gasteiger partial charge on any atom is 0.331 e. The maximum atomic E-state index is 12.8. The molecular formula is C24H26N6O3. The van der Waals surface area contributed by atoms with Gasteiger partial charge in [0, 0.05) is 41.2 Å². The summed E-state index contributed by atoms with van der Waals surface area (Å²) in [6, 6.07) is 9.21. The summed E-state index contributed by atoms with van der Waals surface area (Å²) >= 11 is 0. The van der Waals surface area contributed by atoms with Crippen LogP contribution < -0.4 is 15.4 Å². The molecule has 1 amide bonds. The number of ether oxygens (including phenoxy) is 1. The Morgan fingerprint density at radius 3 is 2.88 bits per heavy atom. The number of hydrogen-bond donors (Lipinski definition) is 2. The lowest BCUT2D eigenvalue weighted by molar-refractivity contribution is 0.254. The zero-order valence-electron chi connectivity index (χ0n) is 19.0. The second kappa shape index (κ2) is 8.00. The Hall–Kier alpha value is -3.72. The van der Waals surface area contributed by atoms with Gasteiger partial charge in [0.2, 0.25) is 5.88 Å². The Morgan fingerprint density at radius 1 is 1.24 bits per heavy atom. The lowest BCUT2D eigenvalue weighted by Crippen LogP contribution is -2.33. The first-order chi connectivity index (χ1) is 15.8. The number of nitrogens with zero attached hydrogens (tertiary/aromatic N) is 4. The minimum Gasteiger partial charge on any atom is -0.439 e. The number of carbonyl (C=O) groups is 1. The molecule has 33 heavy (non-hydrogen) atoms. The summed E-state index contributed by atoms with van der Waals surface area (Å²) < 4.78 is 13.0. The Balaban J connectivity index is 1.36. The minimum atomic E-state index is -0.321. The molecule has 3 aromatic heterocycles. The van der Waals surface area contributed by atoms with Gasteiger partial charge in [0.25, 0.3) is 0 Å². The third kappa shape index (κ3) is 4.19. The maximum absolute atomic E-state index is 12.8. The normalized spacial score (nSPS) is 15.9. The van der Waals surface area contributed by atoms with Crippen molar-refractivity contribution in [2.24, 2.45) is 0 Å². The second-order valence-electron chi connectivity index (χ2n) is 9.36. The van der Waals surface area contributed by atoms with Gasteiger partial charge in [0.05, 0.1) is 11.2 Å². The van der Waals surface area contributed by atoms with Gasteiger partial charge in [0.15, 0.2) is 5.82 Å². The molecule has 1 atom stereocenters. The van der Waals surface area contributed by atoms with E-state index in [1.807, 2.05) is 45.0 Å². The first-order valence-corrected chi connectivity index (χ1v) is 10.9. The van der Waals surface area contributed by atoms with E-state index in [1.165, 1.54) is 10.9 Å². The summed E-state index contributed by atoms with van der Waals surface area (Å²) in [6.07, 6.45) is 4.05. The quantitative estimate of drug-likeness (QED) is 0.473. The van der Waals surface area contributed by atoms with Crippen molar-refractivity contribution in [1.82, 2.24) is 25.0 Å². The van der Waals surface area contributed by atoms with E-state index in [0.29, 0.717) is 35.8 Å². The van der Waals surface area contributed by atoms with Crippen LogP contribution in [0.4, 0.5) is 10.6 Å². The van der Waals surface area contributed by atoms with Crippen molar-refractivity contribution in [1.29, 1.82) is 0 Å². The van der Waals surface area contributed by atoms with Crippen LogP contribution in [0.1, 0.15) is 44.7 Å². The summed E-state index contributed by atoms with van der Waals surface area (Å²) in [5.41, 5.74) is 2.55. The van der Waals surface area contributed by atoms with Crippen LogP contribution in [-0.4, -0.2) is 31.8 Å². The van der Waals surface area contributed by atoms with Gasteiger partial charge in [-0.25, -0.2) is 14.8 Å². The van der Waals surface area contributed by atoms with E-state index in [0.717, 1.165) is 28.6 Å². The van der Waals surface area contributed by atoms with Gasteiger partial charge < -0.3 is 14.6 Å². The molecular weight excluding hydrogens is 420 g/mol. The molecule has 5 rings (SSSR count). The largest absolute Gasteiger partial charge is 0.439 e. The lowest BCUT2D eigenvalue weighted by Gasteiger charge is -2.23. The fourth-order valence-electron chi connectivity index (χ4n) is 3.86. The number of hydrogen-bond acceptors (Lipinski definition) is 7. The molecule has 0 spiro atoms. The number of carbonyl (C=O) groups excluding carboxylic acids is 1. The molecule has 9 heteroatoms. The zero-order valence-corrected chi connectivity index (χ0v) is 19.0. The van der Waals surface area contributed by atoms with E-state index < -0.39 is 0 Å². The predicted molar refractivity (Wildman–Crippen MR) is 124 cm³/mol. The summed E-state index contributed by atoms with van der Waals surface area (Å²) in [5, 5.41) is 11.0. The molecule has 1 aliphatic heterocycles. The molecule has 2 N–H and O–H groups in total. The summed E-state index contributed by atoms with van der Waals surface area (Å²) in [5.74, 6) is 2.31. The molecule has 0 saturated heterocycles. The minimum absolute atomic E-state index is 0.190. The van der Waals surface area contributed by atoms with Gasteiger partial charge in [-0.15, -0.1) is 0 Å². The monoisotopic (exact) mass is 446 g/mol. The van der Waals surface area contributed by atoms with Crippen molar-refractivity contribution < 1.29 is 14.1 Å². The molecule has 170 valence electrons. The number of benzene rings is 1. The molecule has 4 aromatic rings. The number of fused-ring (bicyclic) bond motifs is 2. The van der Waals surface area contributed by atoms with Crippen molar-refractivity contribution in [2.75, 3.05) is 5.32 Å². The van der Waals surface area contributed by atoms with E-state index in [4.69, 9.17) is 9.26 Å². The predicted octanol–water partition coefficient (Wildman–Crippen LogP) is 4.62. The van der Waals surface area contributed by atoms with Crippen LogP contribution in [-0.2, 0) is 18.4 Å². The van der Waals surface area contributed by atoms with Crippen LogP contribution in [0.2, 0.25) is 0 Å². The molecule has 0 aliphatic carbocycles. The number of anilines is 1. The fourth-order valence-corrected chi connectivity index (χ4v) is 3.86. The van der Waals surface area contributed by atoms with Gasteiger partial charge in [-0.3, -0.25) is 9.88 Å². The average Bonchev–Trinajstić information content (AvgIpc) is 3.41. The van der Waals surface area contributed by atoms with Crippen LogP contribution in [0.3, 0.4) is 0 Å². The number of aromatic nitrogens is 4. The van der Waals surface area contributed by atoms with E-state index in [2.05, 4.69) is 32.7 Å². The smallest absolute Gasteiger partial charge is 0.331 e. The van der Waals surface area contributed by atoms with E-state index >= 15 is 0 Å². The fraction of sp³-hybridized carbons (Fsp3) is 0.333. The summed E-state index contributed by atoms with van der Waals surface area (Å²) in [6.45, 7) is 8.89. The van der Waals surface area contributed by atoms with Crippen LogP contribution in [0.5, 0.6) is 11.6 Å². The van der Waals surface area contributed by atoms with Crippen LogP contribution >= 0.6 is 0 Å². The highest BCUT2D eigenvalue weighted by molar-refractivity contribution is 5.98. The van der Waals surface area contributed by atoms with Crippen molar-refractivity contribution in [2.45, 2.75) is 52.1 Å². The molecule has 4 heterocycles. The third-order valence-electron chi connectivity index (χ3n) is 5.70. The first kappa shape index (κ1) is 21.1. The molecule has 1 aliphatic rings. The Labute approximate surface area is 191 Å². The second-order valence-corrected chi connectivity index (χ2v) is 9.36. The highest BCUT2D eigenvalue weighted by Crippen LogP contribution is 2.30. The highest BCUT2D eigenvalue weighted by atomic mass is 16.5. The van der Waals surface area contributed by atoms with Crippen LogP contribution in [0.15, 0.2) is 47.4 Å². The van der Waals surface area contributed by atoms with Gasteiger partial charge in [-0.2, -0.15) is 0 Å². The van der Waals surface area contributed by atoms with E-state index in [-0.39, 0.29) is 11.4 Å². The zero-order chi connectivity index (χ0) is 23.2. The molecule has 1 aromatic carbocycles. The van der Waals surface area contributed by atoms with E-state index in [1.54, 1.807) is 12.3 Å². The third-order valence-corrected chi connectivity index (χ3v) is 5.70. The number of nitrogens with one attached hydrogen (secondary N) is 2. The van der Waals surface area contributed by atoms with Gasteiger partial charge in [-0.1, -0.05) is 25.9 Å². The van der Waals surface area contributed by atoms with Gasteiger partial charge in [0.1, 0.15) is 17.8 Å². The summed E-state index contributed by atoms with van der Waals surface area (Å²) in [4.78, 5) is 21.6. The Morgan fingerprint density at radius 2 is 2.09 bits per heavy atom. The van der Waals surface area contributed by atoms with Gasteiger partial charge >= 0.3 is 6.03 Å².